The molecule has 0 spiro atoms. The molecule has 0 fully saturated rings. The molecular weight excluding hydrogens is 752 g/mol. The summed E-state index contributed by atoms with van der Waals surface area (Å²) in [6.45, 7) is -1.00. The molecule has 8 amide bonds. The van der Waals surface area contributed by atoms with Crippen molar-refractivity contribution < 1.29 is 166 Å². The molecular formula is C16H40N8O16Ti4. The summed E-state index contributed by atoms with van der Waals surface area (Å²) >= 11 is 0. The van der Waals surface area contributed by atoms with E-state index >= 15 is 0 Å². The van der Waals surface area contributed by atoms with Gasteiger partial charge < -0.3 is 125 Å². The number of hydrogen-bond donors (Lipinski definition) is 8. The molecule has 0 radical (unpaired) electrons. The maximum atomic E-state index is 8.47. The molecule has 0 aromatic rings. The van der Waals surface area contributed by atoms with Crippen molar-refractivity contribution in [3.63, 3.8) is 0 Å². The second-order valence-electron chi connectivity index (χ2n) is 2.73. The normalized spacial score (nSPS) is 4.91. The van der Waals surface area contributed by atoms with Crippen molar-refractivity contribution in [1.82, 2.24) is 0 Å². The first-order valence-electron chi connectivity index (χ1n) is 8.72. The van der Waals surface area contributed by atoms with Gasteiger partial charge in [0, 0.05) is 51.3 Å². The minimum atomic E-state index is -0.125. The number of carbonyl (C=O) groups excluding carboxylic acids is 8. The monoisotopic (exact) mass is 792 g/mol. The summed E-state index contributed by atoms with van der Waals surface area (Å²) in [5.41, 5.74) is 44.2. The number of rotatable bonds is 4. The van der Waals surface area contributed by atoms with E-state index in [1.165, 1.54) is 0 Å². The van der Waals surface area contributed by atoms with Crippen molar-refractivity contribution >= 4 is 51.3 Å². The number of carbonyl (C=O) groups is 8. The van der Waals surface area contributed by atoms with Gasteiger partial charge in [-0.3, -0.25) is 0 Å². The van der Waals surface area contributed by atoms with Crippen molar-refractivity contribution in [2.24, 2.45) is 0 Å². The molecule has 0 saturated heterocycles. The SMILES string of the molecule is OCCO.OCCO.OCCO.OCCO.[NH-]C=O.[NH-]C=O.[NH-]C=O.[NH-]C=O.[NH-]C=O.[NH-]C=O.[NH-]C=O.[NH-]C=O.[Ti+2].[Ti+2].[Ti+2].[Ti+2]. The molecule has 16 N–H and O–H groups in total. The molecule has 0 aliphatic heterocycles. The largest absolute Gasteiger partial charge is 2.00 e. The minimum Gasteiger partial charge on any atom is -0.671 e. The van der Waals surface area contributed by atoms with Gasteiger partial charge in [0.15, 0.2) is 0 Å². The van der Waals surface area contributed by atoms with Crippen LogP contribution in [0.5, 0.6) is 0 Å². The van der Waals surface area contributed by atoms with Crippen molar-refractivity contribution in [1.29, 1.82) is 0 Å². The molecule has 256 valence electrons. The Kier molecular flexibility index (Phi) is 778. The maximum absolute atomic E-state index is 8.47. The smallest absolute Gasteiger partial charge is 0.671 e. The van der Waals surface area contributed by atoms with Gasteiger partial charge in [0.2, 0.25) is 0 Å². The molecule has 28 heteroatoms. The summed E-state index contributed by atoms with van der Waals surface area (Å²) in [5, 5.41) is 61.0. The Hall–Kier alpha value is -1.70. The van der Waals surface area contributed by atoms with Gasteiger partial charge in [-0.1, -0.05) is 0 Å². The summed E-state index contributed by atoms with van der Waals surface area (Å²) in [7, 11) is 0. The van der Waals surface area contributed by atoms with E-state index in [0.717, 1.165) is 0 Å². The number of hydrogen-bond acceptors (Lipinski definition) is 16. The molecule has 0 aliphatic carbocycles. The summed E-state index contributed by atoms with van der Waals surface area (Å²) in [4.78, 5) is 67.8. The third-order valence-corrected chi connectivity index (χ3v) is 0.400. The molecule has 44 heavy (non-hydrogen) atoms. The molecule has 0 aromatic heterocycles. The van der Waals surface area contributed by atoms with Gasteiger partial charge in [-0.25, -0.2) is 0 Å². The minimum absolute atomic E-state index is 0. The van der Waals surface area contributed by atoms with Crippen LogP contribution in [0.15, 0.2) is 0 Å². The average Bonchev–Trinajstić information content (AvgIpc) is 2.92. The van der Waals surface area contributed by atoms with Gasteiger partial charge in [0.05, 0.1) is 52.9 Å². The summed E-state index contributed by atoms with van der Waals surface area (Å²) in [5.74, 6) is 0. The Balaban J connectivity index is -0.0000000138. The average molecular weight is 792 g/mol. The van der Waals surface area contributed by atoms with Crippen LogP contribution >= 0.6 is 0 Å². The molecule has 0 rings (SSSR count). The topological polar surface area (TPSA) is 489 Å². The van der Waals surface area contributed by atoms with Gasteiger partial charge >= 0.3 is 86.9 Å². The van der Waals surface area contributed by atoms with E-state index in [9.17, 15) is 0 Å². The molecule has 0 aliphatic rings. The van der Waals surface area contributed by atoms with Crippen LogP contribution in [0.2, 0.25) is 0 Å². The molecule has 0 bridgehead atoms. The van der Waals surface area contributed by atoms with Gasteiger partial charge in [0.1, 0.15) is 0 Å². The van der Waals surface area contributed by atoms with Crippen molar-refractivity contribution in [2.75, 3.05) is 52.9 Å². The fourth-order valence-corrected chi connectivity index (χ4v) is 0. The fourth-order valence-electron chi connectivity index (χ4n) is 0. The number of nitrogens with one attached hydrogen (secondary N) is 8. The Morgan fingerprint density at radius 1 is 0.250 bits per heavy atom. The third kappa shape index (κ3) is 11800. The van der Waals surface area contributed by atoms with Crippen LogP contribution in [0.3, 0.4) is 0 Å². The van der Waals surface area contributed by atoms with E-state index in [4.69, 9.17) is 125 Å². The Morgan fingerprint density at radius 3 is 0.273 bits per heavy atom. The Bertz CT molecular complexity index is 288. The van der Waals surface area contributed by atoms with Crippen molar-refractivity contribution in [3.05, 3.63) is 45.9 Å². The van der Waals surface area contributed by atoms with E-state index in [0.29, 0.717) is 0 Å². The second kappa shape index (κ2) is 328. The summed E-state index contributed by atoms with van der Waals surface area (Å²) in [6.07, 6.45) is 0. The molecule has 0 saturated carbocycles. The zero-order valence-corrected chi connectivity index (χ0v) is 29.4. The van der Waals surface area contributed by atoms with E-state index in [1.54, 1.807) is 0 Å². The molecule has 0 atom stereocenters. The third-order valence-electron chi connectivity index (χ3n) is 0.400. The maximum Gasteiger partial charge on any atom is 2.00 e. The molecule has 24 nitrogen and oxygen atoms in total. The first kappa shape index (κ1) is 104. The Labute approximate surface area is 314 Å². The van der Waals surface area contributed by atoms with Gasteiger partial charge in [0.25, 0.3) is 0 Å². The first-order chi connectivity index (χ1) is 19.0. The molecule has 0 unspecified atom stereocenters. The van der Waals surface area contributed by atoms with Crippen LogP contribution in [0, 0.1) is 0 Å². The number of aliphatic hydroxyl groups excluding tert-OH is 8. The van der Waals surface area contributed by atoms with Crippen LogP contribution in [0.1, 0.15) is 0 Å². The van der Waals surface area contributed by atoms with Crippen LogP contribution in [-0.4, -0.2) is 145 Å². The van der Waals surface area contributed by atoms with Crippen LogP contribution in [0.25, 0.3) is 45.9 Å². The van der Waals surface area contributed by atoms with E-state index in [2.05, 4.69) is 0 Å². The van der Waals surface area contributed by atoms with E-state index < -0.39 is 0 Å². The van der Waals surface area contributed by atoms with Crippen molar-refractivity contribution in [3.8, 4) is 0 Å². The standard InChI is InChI=1S/4C2H6O2.8CH3NO.4Ti/c4*3-1-2-4;8*2-1-3;;;;/h4*3-4H,1-2H2;8*1H,(H2,2,3);;;;/q;;;;;;;;;;;;4*+2/p-8. The number of amides is 8. The zero-order chi connectivity index (χ0) is 35.3. The number of aliphatic hydroxyl groups is 8. The van der Waals surface area contributed by atoms with Crippen LogP contribution < -0.4 is 0 Å². The predicted octanol–water partition coefficient (Wildman–Crippen LogP) is -2.57. The predicted molar refractivity (Wildman–Crippen MR) is 140 cm³/mol. The van der Waals surface area contributed by atoms with E-state index in [1.807, 2.05) is 0 Å². The molecule has 0 aromatic carbocycles. The second-order valence-corrected chi connectivity index (χ2v) is 2.73. The van der Waals surface area contributed by atoms with E-state index in [-0.39, 0.29) is 191 Å². The zero-order valence-electron chi connectivity index (χ0n) is 23.1. The van der Waals surface area contributed by atoms with Gasteiger partial charge in [-0.15, -0.1) is 0 Å². The first-order valence-corrected chi connectivity index (χ1v) is 8.72. The molecule has 0 heterocycles. The Morgan fingerprint density at radius 2 is 0.273 bits per heavy atom. The fraction of sp³-hybridized carbons (Fsp3) is 0.500. The quantitative estimate of drug-likeness (QED) is 0.107. The van der Waals surface area contributed by atoms with Gasteiger partial charge in [-0.2, -0.15) is 0 Å². The summed E-state index contributed by atoms with van der Waals surface area (Å²) in [6, 6.07) is 0. The van der Waals surface area contributed by atoms with Crippen LogP contribution in [-0.2, 0) is 125 Å². The summed E-state index contributed by atoms with van der Waals surface area (Å²) < 4.78 is 0. The van der Waals surface area contributed by atoms with Gasteiger partial charge in [-0.05, 0) is 0 Å². The van der Waals surface area contributed by atoms with Crippen LogP contribution in [0.4, 0.5) is 0 Å². The van der Waals surface area contributed by atoms with Crippen molar-refractivity contribution in [2.45, 2.75) is 0 Å².